The summed E-state index contributed by atoms with van der Waals surface area (Å²) in [4.78, 5) is 12.8. The molecule has 0 saturated heterocycles. The molecule has 128 valence electrons. The zero-order valence-electron chi connectivity index (χ0n) is 14.2. The van der Waals surface area contributed by atoms with Gasteiger partial charge in [0.1, 0.15) is 0 Å². The van der Waals surface area contributed by atoms with E-state index in [0.29, 0.717) is 0 Å². The van der Waals surface area contributed by atoms with Crippen molar-refractivity contribution in [2.75, 3.05) is 7.05 Å². The Morgan fingerprint density at radius 2 is 1.96 bits per heavy atom. The van der Waals surface area contributed by atoms with Crippen LogP contribution in [-0.2, 0) is 6.54 Å². The molecule has 6 heteroatoms. The van der Waals surface area contributed by atoms with E-state index in [1.54, 1.807) is 18.3 Å². The SMILES string of the molecule is CC(c1cccc([N+](=O)[O-])c1)N(C)Cc1ccc(-n2cccn2)cc1. The highest BCUT2D eigenvalue weighted by Crippen LogP contribution is 2.24. The summed E-state index contributed by atoms with van der Waals surface area (Å²) in [5.41, 5.74) is 3.25. The van der Waals surface area contributed by atoms with Gasteiger partial charge in [-0.3, -0.25) is 15.0 Å². The van der Waals surface area contributed by atoms with Crippen molar-refractivity contribution in [2.45, 2.75) is 19.5 Å². The largest absolute Gasteiger partial charge is 0.295 e. The quantitative estimate of drug-likeness (QED) is 0.504. The van der Waals surface area contributed by atoms with Crippen LogP contribution in [-0.4, -0.2) is 26.7 Å². The molecule has 1 atom stereocenters. The topological polar surface area (TPSA) is 64.2 Å². The number of benzene rings is 2. The number of aromatic nitrogens is 2. The van der Waals surface area contributed by atoms with E-state index < -0.39 is 0 Å². The van der Waals surface area contributed by atoms with Gasteiger partial charge >= 0.3 is 0 Å². The van der Waals surface area contributed by atoms with Gasteiger partial charge in [-0.05, 0) is 43.3 Å². The fourth-order valence-electron chi connectivity index (χ4n) is 2.75. The van der Waals surface area contributed by atoms with Gasteiger partial charge in [0.25, 0.3) is 5.69 Å². The summed E-state index contributed by atoms with van der Waals surface area (Å²) < 4.78 is 1.82. The number of nitro benzene ring substituents is 1. The predicted octanol–water partition coefficient (Wildman–Crippen LogP) is 3.97. The van der Waals surface area contributed by atoms with Crippen molar-refractivity contribution in [3.05, 3.63) is 88.2 Å². The monoisotopic (exact) mass is 336 g/mol. The maximum atomic E-state index is 11.0. The molecule has 0 N–H and O–H groups in total. The molecule has 0 aliphatic carbocycles. The molecule has 0 aliphatic heterocycles. The molecule has 3 rings (SSSR count). The normalized spacial score (nSPS) is 12.3. The van der Waals surface area contributed by atoms with Crippen molar-refractivity contribution in [3.63, 3.8) is 0 Å². The summed E-state index contributed by atoms with van der Waals surface area (Å²) in [5.74, 6) is 0. The average Bonchev–Trinajstić information content (AvgIpc) is 3.16. The van der Waals surface area contributed by atoms with E-state index in [1.807, 2.05) is 42.2 Å². The Morgan fingerprint density at radius 3 is 2.60 bits per heavy atom. The number of rotatable bonds is 6. The third kappa shape index (κ3) is 3.92. The number of hydrogen-bond acceptors (Lipinski definition) is 4. The van der Waals surface area contributed by atoms with E-state index in [1.165, 1.54) is 11.6 Å². The minimum Gasteiger partial charge on any atom is -0.295 e. The van der Waals surface area contributed by atoms with Crippen LogP contribution in [0.5, 0.6) is 0 Å². The van der Waals surface area contributed by atoms with Crippen LogP contribution < -0.4 is 0 Å². The lowest BCUT2D eigenvalue weighted by Crippen LogP contribution is -2.22. The van der Waals surface area contributed by atoms with Crippen LogP contribution >= 0.6 is 0 Å². The lowest BCUT2D eigenvalue weighted by molar-refractivity contribution is -0.384. The van der Waals surface area contributed by atoms with Crippen LogP contribution in [0.3, 0.4) is 0 Å². The van der Waals surface area contributed by atoms with Gasteiger partial charge in [0, 0.05) is 37.1 Å². The molecule has 1 aromatic heterocycles. The highest BCUT2D eigenvalue weighted by atomic mass is 16.6. The van der Waals surface area contributed by atoms with Gasteiger partial charge < -0.3 is 0 Å². The summed E-state index contributed by atoms with van der Waals surface area (Å²) in [6, 6.07) is 17.0. The van der Waals surface area contributed by atoms with E-state index in [9.17, 15) is 10.1 Å². The summed E-state index contributed by atoms with van der Waals surface area (Å²) in [7, 11) is 2.02. The van der Waals surface area contributed by atoms with Gasteiger partial charge in [-0.2, -0.15) is 5.10 Å². The van der Waals surface area contributed by atoms with Crippen molar-refractivity contribution < 1.29 is 4.92 Å². The maximum absolute atomic E-state index is 11.0. The van der Waals surface area contributed by atoms with Crippen LogP contribution in [0.15, 0.2) is 67.0 Å². The van der Waals surface area contributed by atoms with Crippen molar-refractivity contribution in [1.82, 2.24) is 14.7 Å². The first kappa shape index (κ1) is 16.9. The van der Waals surface area contributed by atoms with Gasteiger partial charge in [0.2, 0.25) is 0 Å². The fourth-order valence-corrected chi connectivity index (χ4v) is 2.75. The van der Waals surface area contributed by atoms with Crippen LogP contribution in [0.4, 0.5) is 5.69 Å². The Hall–Kier alpha value is -2.99. The Balaban J connectivity index is 1.70. The van der Waals surface area contributed by atoms with Crippen LogP contribution in [0.25, 0.3) is 5.69 Å². The highest BCUT2D eigenvalue weighted by molar-refractivity contribution is 5.36. The number of nitrogens with zero attached hydrogens (tertiary/aromatic N) is 4. The Labute approximate surface area is 146 Å². The first-order chi connectivity index (χ1) is 12.0. The molecule has 3 aromatic rings. The zero-order chi connectivity index (χ0) is 17.8. The molecule has 0 radical (unpaired) electrons. The Morgan fingerprint density at radius 1 is 1.20 bits per heavy atom. The van der Waals surface area contributed by atoms with Gasteiger partial charge in [-0.25, -0.2) is 4.68 Å². The third-order valence-electron chi connectivity index (χ3n) is 4.36. The van der Waals surface area contributed by atoms with Crippen LogP contribution in [0, 0.1) is 10.1 Å². The lowest BCUT2D eigenvalue weighted by atomic mass is 10.1. The van der Waals surface area contributed by atoms with Crippen molar-refractivity contribution in [2.24, 2.45) is 0 Å². The maximum Gasteiger partial charge on any atom is 0.269 e. The molecular weight excluding hydrogens is 316 g/mol. The standard InChI is InChI=1S/C19H20N4O2/c1-15(17-5-3-6-19(13-17)23(24)25)21(2)14-16-7-9-18(10-8-16)22-12-4-11-20-22/h3-13,15H,14H2,1-2H3. The highest BCUT2D eigenvalue weighted by Gasteiger charge is 2.15. The molecule has 6 nitrogen and oxygen atoms in total. The molecule has 0 bridgehead atoms. The molecule has 25 heavy (non-hydrogen) atoms. The van der Waals surface area contributed by atoms with E-state index in [2.05, 4.69) is 29.1 Å². The molecule has 1 heterocycles. The molecule has 0 saturated carbocycles. The minimum absolute atomic E-state index is 0.0747. The number of nitro groups is 1. The summed E-state index contributed by atoms with van der Waals surface area (Å²) >= 11 is 0. The van der Waals surface area contributed by atoms with Crippen molar-refractivity contribution in [3.8, 4) is 5.69 Å². The van der Waals surface area contributed by atoms with E-state index >= 15 is 0 Å². The van der Waals surface area contributed by atoms with Crippen molar-refractivity contribution >= 4 is 5.69 Å². The van der Waals surface area contributed by atoms with Gasteiger partial charge in [-0.15, -0.1) is 0 Å². The summed E-state index contributed by atoms with van der Waals surface area (Å²) in [5, 5.41) is 15.2. The van der Waals surface area contributed by atoms with E-state index in [0.717, 1.165) is 17.8 Å². The number of non-ortho nitro benzene ring substituents is 1. The zero-order valence-corrected chi connectivity index (χ0v) is 14.2. The molecule has 0 amide bonds. The summed E-state index contributed by atoms with van der Waals surface area (Å²) in [6.45, 7) is 2.81. The smallest absolute Gasteiger partial charge is 0.269 e. The second-order valence-electron chi connectivity index (χ2n) is 6.06. The first-order valence-electron chi connectivity index (χ1n) is 8.08. The second kappa shape index (κ2) is 7.27. The summed E-state index contributed by atoms with van der Waals surface area (Å²) in [6.07, 6.45) is 3.66. The first-order valence-corrected chi connectivity index (χ1v) is 8.08. The van der Waals surface area contributed by atoms with Gasteiger partial charge in [-0.1, -0.05) is 24.3 Å². The molecule has 0 spiro atoms. The molecule has 0 fully saturated rings. The molecular formula is C19H20N4O2. The third-order valence-corrected chi connectivity index (χ3v) is 4.36. The Bertz CT molecular complexity index is 844. The minimum atomic E-state index is -0.357. The van der Waals surface area contributed by atoms with Crippen LogP contribution in [0.1, 0.15) is 24.1 Å². The van der Waals surface area contributed by atoms with E-state index in [4.69, 9.17) is 0 Å². The predicted molar refractivity (Wildman–Crippen MR) is 96.5 cm³/mol. The molecule has 2 aromatic carbocycles. The van der Waals surface area contributed by atoms with E-state index in [-0.39, 0.29) is 16.7 Å². The van der Waals surface area contributed by atoms with Gasteiger partial charge in [0.05, 0.1) is 10.6 Å². The lowest BCUT2D eigenvalue weighted by Gasteiger charge is -2.25. The average molecular weight is 336 g/mol. The number of hydrogen-bond donors (Lipinski definition) is 0. The molecule has 1 unspecified atom stereocenters. The van der Waals surface area contributed by atoms with Crippen LogP contribution in [0.2, 0.25) is 0 Å². The fraction of sp³-hybridized carbons (Fsp3) is 0.211. The molecule has 0 aliphatic rings. The van der Waals surface area contributed by atoms with Crippen molar-refractivity contribution in [1.29, 1.82) is 0 Å². The van der Waals surface area contributed by atoms with Gasteiger partial charge in [0.15, 0.2) is 0 Å². The second-order valence-corrected chi connectivity index (χ2v) is 6.06. The Kier molecular flexibility index (Phi) is 4.90.